The largest absolute Gasteiger partial charge is 0.507 e. The normalized spacial score (nSPS) is 19.4. The number of fused-ring (bicyclic) bond motifs is 1. The van der Waals surface area contributed by atoms with E-state index in [-0.39, 0.29) is 16.9 Å². The van der Waals surface area contributed by atoms with Crippen molar-refractivity contribution < 1.29 is 23.8 Å². The molecule has 0 aliphatic carbocycles. The maximum atomic E-state index is 14.8. The Labute approximate surface area is 178 Å². The summed E-state index contributed by atoms with van der Waals surface area (Å²) in [6.45, 7) is 0.549. The number of aliphatic hydroxyl groups is 1. The number of nitrogens with zero attached hydrogens (tertiary/aromatic N) is 1. The van der Waals surface area contributed by atoms with Crippen molar-refractivity contribution >= 4 is 23.1 Å². The molecule has 2 aliphatic heterocycles. The average molecular weight is 415 g/mol. The lowest BCUT2D eigenvalue weighted by Gasteiger charge is -2.25. The number of halogens is 1. The first-order valence-corrected chi connectivity index (χ1v) is 9.93. The minimum Gasteiger partial charge on any atom is -0.507 e. The van der Waals surface area contributed by atoms with Crippen molar-refractivity contribution in [3.63, 3.8) is 0 Å². The van der Waals surface area contributed by atoms with Gasteiger partial charge in [-0.15, -0.1) is 0 Å². The van der Waals surface area contributed by atoms with Gasteiger partial charge in [-0.3, -0.25) is 14.5 Å². The van der Waals surface area contributed by atoms with E-state index in [4.69, 9.17) is 4.74 Å². The number of Topliss-reactive ketones (excluding diaryl/α,β-unsaturated/α-hetero) is 1. The maximum absolute atomic E-state index is 14.8. The minimum atomic E-state index is -1.09. The molecule has 0 radical (unpaired) electrons. The first-order chi connectivity index (χ1) is 15.1. The van der Waals surface area contributed by atoms with Crippen LogP contribution in [0, 0.1) is 5.82 Å². The van der Waals surface area contributed by atoms with Crippen LogP contribution in [0.1, 0.15) is 22.7 Å². The summed E-state index contributed by atoms with van der Waals surface area (Å²) >= 11 is 0. The first-order valence-electron chi connectivity index (χ1n) is 9.93. The third-order valence-corrected chi connectivity index (χ3v) is 5.64. The molecule has 3 aromatic rings. The quantitative estimate of drug-likeness (QED) is 0.392. The Morgan fingerprint density at radius 2 is 1.74 bits per heavy atom. The van der Waals surface area contributed by atoms with Gasteiger partial charge in [-0.05, 0) is 42.0 Å². The molecular formula is C25H18FNO4. The van der Waals surface area contributed by atoms with E-state index in [1.807, 2.05) is 0 Å². The Balaban J connectivity index is 1.73. The van der Waals surface area contributed by atoms with Crippen molar-refractivity contribution in [1.29, 1.82) is 0 Å². The third-order valence-electron chi connectivity index (χ3n) is 5.64. The number of carbonyl (C=O) groups excluding carboxylic acids is 2. The van der Waals surface area contributed by atoms with Crippen molar-refractivity contribution in [2.75, 3.05) is 11.5 Å². The summed E-state index contributed by atoms with van der Waals surface area (Å²) in [6, 6.07) is 18.6. The fraction of sp³-hybridized carbons (Fsp3) is 0.120. The van der Waals surface area contributed by atoms with Crippen LogP contribution in [0.25, 0.3) is 5.76 Å². The van der Waals surface area contributed by atoms with Gasteiger partial charge in [-0.25, -0.2) is 4.39 Å². The summed E-state index contributed by atoms with van der Waals surface area (Å²) in [5, 5.41) is 11.1. The second-order valence-electron chi connectivity index (χ2n) is 7.45. The molecule has 0 aromatic heterocycles. The lowest BCUT2D eigenvalue weighted by atomic mass is 9.94. The number of carbonyl (C=O) groups is 2. The van der Waals surface area contributed by atoms with Gasteiger partial charge in [-0.2, -0.15) is 0 Å². The van der Waals surface area contributed by atoms with Crippen LogP contribution in [0.2, 0.25) is 0 Å². The van der Waals surface area contributed by atoms with Gasteiger partial charge in [0, 0.05) is 23.2 Å². The standard InChI is InChI=1S/C25H18FNO4/c26-19-9-5-4-8-18(19)22-21(23(28)16-10-11-20-15(14-16)12-13-31-20)24(29)25(30)27(22)17-6-2-1-3-7-17/h1-11,14,22,28H,12-13H2/b23-21+. The number of anilines is 1. The number of aliphatic hydroxyl groups excluding tert-OH is 1. The van der Waals surface area contributed by atoms with Gasteiger partial charge in [0.25, 0.3) is 11.7 Å². The van der Waals surface area contributed by atoms with E-state index >= 15 is 0 Å². The van der Waals surface area contributed by atoms with E-state index in [0.717, 1.165) is 11.3 Å². The van der Waals surface area contributed by atoms with Gasteiger partial charge in [0.05, 0.1) is 18.2 Å². The molecule has 1 unspecified atom stereocenters. The smallest absolute Gasteiger partial charge is 0.300 e. The summed E-state index contributed by atoms with van der Waals surface area (Å²) in [5.41, 5.74) is 1.73. The highest BCUT2D eigenvalue weighted by atomic mass is 19.1. The third kappa shape index (κ3) is 3.08. The van der Waals surface area contributed by atoms with Gasteiger partial charge in [-0.1, -0.05) is 36.4 Å². The van der Waals surface area contributed by atoms with E-state index in [1.54, 1.807) is 54.6 Å². The number of hydrogen-bond donors (Lipinski definition) is 1. The molecule has 0 bridgehead atoms. The second kappa shape index (κ2) is 7.40. The molecule has 2 aliphatic rings. The van der Waals surface area contributed by atoms with E-state index < -0.39 is 23.5 Å². The van der Waals surface area contributed by atoms with Crippen LogP contribution in [0.5, 0.6) is 5.75 Å². The number of amides is 1. The van der Waals surface area contributed by atoms with E-state index in [0.29, 0.717) is 24.3 Å². The van der Waals surface area contributed by atoms with Crippen LogP contribution < -0.4 is 9.64 Å². The first kappa shape index (κ1) is 19.1. The van der Waals surface area contributed by atoms with Gasteiger partial charge < -0.3 is 9.84 Å². The lowest BCUT2D eigenvalue weighted by molar-refractivity contribution is -0.132. The SMILES string of the molecule is O=C1C(=O)N(c2ccccc2)C(c2ccccc2F)/C1=C(\O)c1ccc2c(c1)CCO2. The van der Waals surface area contributed by atoms with Gasteiger partial charge in [0.2, 0.25) is 0 Å². The van der Waals surface area contributed by atoms with Crippen LogP contribution in [-0.4, -0.2) is 23.4 Å². The average Bonchev–Trinajstić information content (AvgIpc) is 3.36. The molecule has 1 atom stereocenters. The Kier molecular flexibility index (Phi) is 4.55. The van der Waals surface area contributed by atoms with Crippen molar-refractivity contribution in [1.82, 2.24) is 0 Å². The predicted octanol–water partition coefficient (Wildman–Crippen LogP) is 4.39. The molecule has 0 saturated carbocycles. The Hall–Kier alpha value is -3.93. The summed E-state index contributed by atoms with van der Waals surface area (Å²) in [5.74, 6) is -1.84. The molecule has 5 nitrogen and oxygen atoms in total. The number of para-hydroxylation sites is 1. The summed E-state index contributed by atoms with van der Waals surface area (Å²) in [6.07, 6.45) is 0.686. The molecule has 1 saturated heterocycles. The number of ether oxygens (including phenoxy) is 1. The molecule has 154 valence electrons. The number of rotatable bonds is 3. The van der Waals surface area contributed by atoms with Gasteiger partial charge in [0.1, 0.15) is 17.3 Å². The minimum absolute atomic E-state index is 0.136. The van der Waals surface area contributed by atoms with Crippen LogP contribution in [0.15, 0.2) is 78.4 Å². The highest BCUT2D eigenvalue weighted by molar-refractivity contribution is 6.51. The van der Waals surface area contributed by atoms with Crippen molar-refractivity contribution in [3.8, 4) is 5.75 Å². The zero-order valence-electron chi connectivity index (χ0n) is 16.4. The van der Waals surface area contributed by atoms with E-state index in [1.165, 1.54) is 23.1 Å². The molecular weight excluding hydrogens is 397 g/mol. The van der Waals surface area contributed by atoms with E-state index in [9.17, 15) is 19.1 Å². The summed E-state index contributed by atoms with van der Waals surface area (Å²) in [4.78, 5) is 27.3. The second-order valence-corrected chi connectivity index (χ2v) is 7.45. The van der Waals surface area contributed by atoms with E-state index in [2.05, 4.69) is 0 Å². The maximum Gasteiger partial charge on any atom is 0.300 e. The molecule has 31 heavy (non-hydrogen) atoms. The van der Waals surface area contributed by atoms with Crippen LogP contribution in [0.4, 0.5) is 10.1 Å². The van der Waals surface area contributed by atoms with Crippen LogP contribution >= 0.6 is 0 Å². The van der Waals surface area contributed by atoms with Crippen LogP contribution in [0.3, 0.4) is 0 Å². The molecule has 3 aromatic carbocycles. The van der Waals surface area contributed by atoms with Crippen molar-refractivity contribution in [2.24, 2.45) is 0 Å². The van der Waals surface area contributed by atoms with Gasteiger partial charge >= 0.3 is 0 Å². The van der Waals surface area contributed by atoms with Crippen molar-refractivity contribution in [3.05, 3.63) is 101 Å². The highest BCUT2D eigenvalue weighted by Crippen LogP contribution is 2.43. The monoisotopic (exact) mass is 415 g/mol. The van der Waals surface area contributed by atoms with Crippen molar-refractivity contribution in [2.45, 2.75) is 12.5 Å². The lowest BCUT2D eigenvalue weighted by Crippen LogP contribution is -2.29. The zero-order chi connectivity index (χ0) is 21.5. The Morgan fingerprint density at radius 1 is 1.00 bits per heavy atom. The number of ketones is 1. The van der Waals surface area contributed by atoms with Gasteiger partial charge in [0.15, 0.2) is 0 Å². The molecule has 0 spiro atoms. The fourth-order valence-electron chi connectivity index (χ4n) is 4.17. The number of hydrogen-bond acceptors (Lipinski definition) is 4. The molecule has 1 fully saturated rings. The Bertz CT molecular complexity index is 1240. The molecule has 2 heterocycles. The topological polar surface area (TPSA) is 66.8 Å². The number of benzene rings is 3. The summed E-state index contributed by atoms with van der Waals surface area (Å²) < 4.78 is 20.3. The fourth-order valence-corrected chi connectivity index (χ4v) is 4.17. The molecule has 1 amide bonds. The molecule has 5 rings (SSSR count). The Morgan fingerprint density at radius 3 is 2.52 bits per heavy atom. The molecule has 6 heteroatoms. The summed E-state index contributed by atoms with van der Waals surface area (Å²) in [7, 11) is 0. The van der Waals surface area contributed by atoms with Crippen LogP contribution in [-0.2, 0) is 16.0 Å². The zero-order valence-corrected chi connectivity index (χ0v) is 16.4. The highest BCUT2D eigenvalue weighted by Gasteiger charge is 2.47. The predicted molar refractivity (Wildman–Crippen MR) is 113 cm³/mol. The molecule has 1 N–H and O–H groups in total.